The molecule has 1 aromatic heterocycles. The fourth-order valence-corrected chi connectivity index (χ4v) is 3.64. The Balaban J connectivity index is 1.66. The molecular weight excluding hydrogens is 318 g/mol. The summed E-state index contributed by atoms with van der Waals surface area (Å²) in [5.41, 5.74) is 14.2. The molecule has 0 bridgehead atoms. The van der Waals surface area contributed by atoms with Gasteiger partial charge in [-0.1, -0.05) is 67.3 Å². The van der Waals surface area contributed by atoms with Crippen LogP contribution in [0.25, 0.3) is 6.08 Å². The molecule has 3 nitrogen and oxygen atoms in total. The number of aromatic nitrogens is 2. The van der Waals surface area contributed by atoms with Crippen LogP contribution in [0.3, 0.4) is 0 Å². The van der Waals surface area contributed by atoms with Gasteiger partial charge in [0.15, 0.2) is 0 Å². The Hall–Kier alpha value is -3.07. The number of fused-ring (bicyclic) bond motifs is 1. The van der Waals surface area contributed by atoms with Gasteiger partial charge in [0.25, 0.3) is 0 Å². The van der Waals surface area contributed by atoms with Crippen molar-refractivity contribution in [3.8, 4) is 0 Å². The monoisotopic (exact) mass is 341 g/mol. The molecule has 3 heteroatoms. The lowest BCUT2D eigenvalue weighted by atomic mass is 10.0. The molecule has 0 saturated carbocycles. The smallest absolute Gasteiger partial charge is 0.0955 e. The van der Waals surface area contributed by atoms with Crippen molar-refractivity contribution >= 4 is 6.08 Å². The molecule has 1 aliphatic carbocycles. The highest BCUT2D eigenvalue weighted by Crippen LogP contribution is 2.25. The Kier molecular flexibility index (Phi) is 4.44. The van der Waals surface area contributed by atoms with Gasteiger partial charge >= 0.3 is 0 Å². The van der Waals surface area contributed by atoms with Gasteiger partial charge in [-0.25, -0.2) is 4.98 Å². The van der Waals surface area contributed by atoms with Crippen molar-refractivity contribution in [2.75, 3.05) is 0 Å². The number of allylic oxidation sites excluding steroid dienone is 2. The first kappa shape index (κ1) is 16.4. The number of imidazole rings is 1. The van der Waals surface area contributed by atoms with Crippen LogP contribution >= 0.6 is 0 Å². The van der Waals surface area contributed by atoms with Crippen LogP contribution in [0.15, 0.2) is 73.2 Å². The summed E-state index contributed by atoms with van der Waals surface area (Å²) in [7, 11) is 0. The second-order valence-corrected chi connectivity index (χ2v) is 6.85. The fourth-order valence-electron chi connectivity index (χ4n) is 3.64. The van der Waals surface area contributed by atoms with E-state index in [1.54, 1.807) is 0 Å². The molecule has 3 aromatic rings. The molecule has 0 saturated heterocycles. The summed E-state index contributed by atoms with van der Waals surface area (Å²) in [6, 6.07) is 17.0. The lowest BCUT2D eigenvalue weighted by molar-refractivity contribution is 0.741. The standard InChI is InChI=1S/C23H23N3/c1-17(24)13-23-22(14-18-7-3-2-4-8-18)25-16-26(23)15-20-11-5-9-19-10-6-12-21(19)20/h2-11,16H,1,12-15,24H2. The largest absolute Gasteiger partial charge is 0.402 e. The second-order valence-electron chi connectivity index (χ2n) is 6.85. The van der Waals surface area contributed by atoms with E-state index >= 15 is 0 Å². The predicted octanol–water partition coefficient (Wildman–Crippen LogP) is 4.11. The summed E-state index contributed by atoms with van der Waals surface area (Å²) in [4.78, 5) is 4.70. The molecule has 0 amide bonds. The van der Waals surface area contributed by atoms with E-state index in [0.29, 0.717) is 12.1 Å². The molecule has 0 spiro atoms. The van der Waals surface area contributed by atoms with E-state index in [0.717, 1.165) is 30.8 Å². The Labute approximate surface area is 154 Å². The number of nitrogens with zero attached hydrogens (tertiary/aromatic N) is 2. The van der Waals surface area contributed by atoms with E-state index in [9.17, 15) is 0 Å². The molecule has 0 fully saturated rings. The number of hydrogen-bond donors (Lipinski definition) is 1. The highest BCUT2D eigenvalue weighted by molar-refractivity contribution is 5.61. The summed E-state index contributed by atoms with van der Waals surface area (Å²) < 4.78 is 2.23. The van der Waals surface area contributed by atoms with Gasteiger partial charge in [-0.05, 0) is 28.7 Å². The normalized spacial score (nSPS) is 12.3. The zero-order valence-corrected chi connectivity index (χ0v) is 14.9. The van der Waals surface area contributed by atoms with Crippen LogP contribution in [-0.4, -0.2) is 9.55 Å². The molecule has 130 valence electrons. The molecule has 2 N–H and O–H groups in total. The third-order valence-corrected chi connectivity index (χ3v) is 4.91. The first-order chi connectivity index (χ1) is 12.7. The fraction of sp³-hybridized carbons (Fsp3) is 0.174. The molecule has 0 radical (unpaired) electrons. The van der Waals surface area contributed by atoms with Crippen LogP contribution < -0.4 is 5.73 Å². The van der Waals surface area contributed by atoms with Gasteiger partial charge in [-0.2, -0.15) is 0 Å². The predicted molar refractivity (Wildman–Crippen MR) is 107 cm³/mol. The number of benzene rings is 2. The zero-order valence-electron chi connectivity index (χ0n) is 14.9. The summed E-state index contributed by atoms with van der Waals surface area (Å²) in [6.07, 6.45) is 8.84. The van der Waals surface area contributed by atoms with Crippen LogP contribution in [0.1, 0.15) is 33.6 Å². The average molecular weight is 341 g/mol. The van der Waals surface area contributed by atoms with E-state index in [1.807, 2.05) is 12.4 Å². The molecule has 1 aliphatic rings. The minimum Gasteiger partial charge on any atom is -0.402 e. The highest BCUT2D eigenvalue weighted by atomic mass is 15.1. The molecule has 26 heavy (non-hydrogen) atoms. The van der Waals surface area contributed by atoms with Gasteiger partial charge < -0.3 is 10.3 Å². The van der Waals surface area contributed by atoms with Crippen molar-refractivity contribution in [3.05, 3.63) is 107 Å². The number of nitrogens with two attached hydrogens (primary N) is 1. The summed E-state index contributed by atoms with van der Waals surface area (Å²) in [6.45, 7) is 4.73. The molecular formula is C23H23N3. The molecule has 1 heterocycles. The maximum absolute atomic E-state index is 5.95. The van der Waals surface area contributed by atoms with Gasteiger partial charge in [0.1, 0.15) is 0 Å². The number of hydrogen-bond acceptors (Lipinski definition) is 2. The van der Waals surface area contributed by atoms with Gasteiger partial charge in [0.05, 0.1) is 12.0 Å². The van der Waals surface area contributed by atoms with E-state index in [2.05, 4.69) is 65.8 Å². The van der Waals surface area contributed by atoms with E-state index in [-0.39, 0.29) is 0 Å². The Morgan fingerprint density at radius 1 is 1.12 bits per heavy atom. The summed E-state index contributed by atoms with van der Waals surface area (Å²) in [5, 5.41) is 0. The van der Waals surface area contributed by atoms with E-state index in [4.69, 9.17) is 10.7 Å². The van der Waals surface area contributed by atoms with Gasteiger partial charge in [-0.15, -0.1) is 0 Å². The Morgan fingerprint density at radius 3 is 2.77 bits per heavy atom. The third kappa shape index (κ3) is 3.33. The Bertz CT molecular complexity index is 964. The van der Waals surface area contributed by atoms with Crippen molar-refractivity contribution < 1.29 is 0 Å². The lowest BCUT2D eigenvalue weighted by Gasteiger charge is -2.13. The second kappa shape index (κ2) is 7.04. The maximum atomic E-state index is 5.95. The van der Waals surface area contributed by atoms with Gasteiger partial charge in [0.2, 0.25) is 0 Å². The van der Waals surface area contributed by atoms with Crippen molar-refractivity contribution in [2.45, 2.75) is 25.8 Å². The van der Waals surface area contributed by atoms with Crippen LogP contribution in [-0.2, 0) is 25.8 Å². The van der Waals surface area contributed by atoms with Gasteiger partial charge in [0, 0.05) is 30.8 Å². The SMILES string of the molecule is C=C(N)Cc1c(Cc2ccccc2)ncn1Cc1cccc2c1CC=C2. The highest BCUT2D eigenvalue weighted by Gasteiger charge is 2.15. The maximum Gasteiger partial charge on any atom is 0.0955 e. The first-order valence-electron chi connectivity index (χ1n) is 8.98. The van der Waals surface area contributed by atoms with Crippen LogP contribution in [0.5, 0.6) is 0 Å². The number of rotatable bonds is 6. The van der Waals surface area contributed by atoms with E-state index in [1.165, 1.54) is 22.3 Å². The van der Waals surface area contributed by atoms with Gasteiger partial charge in [-0.3, -0.25) is 0 Å². The minimum atomic E-state index is 0.648. The topological polar surface area (TPSA) is 43.8 Å². The zero-order chi connectivity index (χ0) is 17.9. The molecule has 0 atom stereocenters. The molecule has 0 aliphatic heterocycles. The molecule has 0 unspecified atom stereocenters. The summed E-state index contributed by atoms with van der Waals surface area (Å²) in [5.74, 6) is 0. The molecule has 4 rings (SSSR count). The quantitative estimate of drug-likeness (QED) is 0.733. The van der Waals surface area contributed by atoms with Crippen LogP contribution in [0.4, 0.5) is 0 Å². The molecule has 2 aromatic carbocycles. The third-order valence-electron chi connectivity index (χ3n) is 4.91. The van der Waals surface area contributed by atoms with Crippen molar-refractivity contribution in [1.82, 2.24) is 9.55 Å². The van der Waals surface area contributed by atoms with Crippen molar-refractivity contribution in [2.24, 2.45) is 5.73 Å². The lowest BCUT2D eigenvalue weighted by Crippen LogP contribution is -2.10. The Morgan fingerprint density at radius 2 is 1.96 bits per heavy atom. The van der Waals surface area contributed by atoms with Crippen LogP contribution in [0.2, 0.25) is 0 Å². The van der Waals surface area contributed by atoms with E-state index < -0.39 is 0 Å². The van der Waals surface area contributed by atoms with Crippen molar-refractivity contribution in [3.63, 3.8) is 0 Å². The minimum absolute atomic E-state index is 0.648. The van der Waals surface area contributed by atoms with Crippen molar-refractivity contribution in [1.29, 1.82) is 0 Å². The average Bonchev–Trinajstić information content (AvgIpc) is 3.25. The first-order valence-corrected chi connectivity index (χ1v) is 8.98. The van der Waals surface area contributed by atoms with Crippen LogP contribution in [0, 0.1) is 0 Å². The summed E-state index contributed by atoms with van der Waals surface area (Å²) >= 11 is 0.